The van der Waals surface area contributed by atoms with Crippen LogP contribution in [0.3, 0.4) is 0 Å². The van der Waals surface area contributed by atoms with Gasteiger partial charge in [0.1, 0.15) is 5.75 Å². The van der Waals surface area contributed by atoms with Gasteiger partial charge in [0.05, 0.1) is 36.8 Å². The third-order valence-corrected chi connectivity index (χ3v) is 8.50. The number of amides is 1. The summed E-state index contributed by atoms with van der Waals surface area (Å²) in [6.45, 7) is 4.96. The van der Waals surface area contributed by atoms with Crippen LogP contribution < -0.4 is 15.4 Å². The monoisotopic (exact) mass is 607 g/mol. The van der Waals surface area contributed by atoms with Gasteiger partial charge in [-0.05, 0) is 63.1 Å². The molecule has 2 N–H and O–H groups in total. The van der Waals surface area contributed by atoms with Crippen molar-refractivity contribution in [1.82, 2.24) is 20.4 Å². The van der Waals surface area contributed by atoms with Crippen molar-refractivity contribution in [3.05, 3.63) is 47.3 Å². The van der Waals surface area contributed by atoms with Crippen molar-refractivity contribution in [2.45, 2.75) is 82.2 Å². The number of alkyl halides is 3. The topological polar surface area (TPSA) is 107 Å². The lowest BCUT2D eigenvalue weighted by atomic mass is 9.98. The van der Waals surface area contributed by atoms with Gasteiger partial charge in [-0.3, -0.25) is 4.79 Å². The highest BCUT2D eigenvalue weighted by Crippen LogP contribution is 2.33. The van der Waals surface area contributed by atoms with Gasteiger partial charge in [0.15, 0.2) is 5.69 Å². The van der Waals surface area contributed by atoms with Crippen LogP contribution in [0.4, 0.5) is 18.9 Å². The molecular formula is C30H40F3N5O5. The van der Waals surface area contributed by atoms with Crippen LogP contribution >= 0.6 is 0 Å². The molecule has 3 aliphatic rings. The van der Waals surface area contributed by atoms with Gasteiger partial charge in [0.25, 0.3) is 5.91 Å². The highest BCUT2D eigenvalue weighted by atomic mass is 19.4. The predicted molar refractivity (Wildman–Crippen MR) is 152 cm³/mol. The standard InChI is InChI=1S/C30H40F3N5O5/c1-19-25(34-16-23-4-3-5-26(42-23)20-6-8-22(9-7-20)43-30(31,32)33)17-35-37-28(19)29(39)38-13-10-21(11-14-38)36-24-12-15-41-18-27(24)40-2/h6-9,17,21,23-24,26-27,36H,3-5,10-16,18H2,1-2H3,(H,34,37)/t23-,24+,26+,27-/m1/s1. The Hall–Kier alpha value is -3.00. The summed E-state index contributed by atoms with van der Waals surface area (Å²) in [5, 5.41) is 15.4. The minimum absolute atomic E-state index is 0.0414. The second-order valence-corrected chi connectivity index (χ2v) is 11.4. The molecule has 0 radical (unpaired) electrons. The molecule has 4 atom stereocenters. The molecule has 0 bridgehead atoms. The first-order valence-corrected chi connectivity index (χ1v) is 14.9. The molecular weight excluding hydrogens is 567 g/mol. The third-order valence-electron chi connectivity index (χ3n) is 8.50. The SMILES string of the molecule is CO[C@@H]1COCC[C@@H]1NC1CCN(C(=O)c2nncc(NC[C@H]3CCC[C@@H](c4ccc(OC(F)(F)F)cc4)O3)c2C)CC1. The van der Waals surface area contributed by atoms with Gasteiger partial charge < -0.3 is 34.5 Å². The summed E-state index contributed by atoms with van der Waals surface area (Å²) < 4.78 is 58.8. The van der Waals surface area contributed by atoms with E-state index >= 15 is 0 Å². The average molecular weight is 608 g/mol. The first-order valence-electron chi connectivity index (χ1n) is 14.9. The maximum absolute atomic E-state index is 13.4. The molecule has 0 aliphatic carbocycles. The predicted octanol–water partition coefficient (Wildman–Crippen LogP) is 4.40. The van der Waals surface area contributed by atoms with E-state index in [1.807, 2.05) is 11.8 Å². The summed E-state index contributed by atoms with van der Waals surface area (Å²) in [4.78, 5) is 15.3. The van der Waals surface area contributed by atoms with Gasteiger partial charge in [-0.25, -0.2) is 0 Å². The fourth-order valence-corrected chi connectivity index (χ4v) is 6.06. The Kier molecular flexibility index (Phi) is 10.4. The first kappa shape index (κ1) is 31.4. The smallest absolute Gasteiger partial charge is 0.406 e. The number of carbonyl (C=O) groups excluding carboxylic acids is 1. The van der Waals surface area contributed by atoms with E-state index in [2.05, 4.69) is 25.6 Å². The average Bonchev–Trinajstić information content (AvgIpc) is 3.01. The van der Waals surface area contributed by atoms with Gasteiger partial charge >= 0.3 is 6.36 Å². The Morgan fingerprint density at radius 3 is 2.60 bits per heavy atom. The Morgan fingerprint density at radius 1 is 1.12 bits per heavy atom. The van der Waals surface area contributed by atoms with E-state index in [4.69, 9.17) is 14.2 Å². The summed E-state index contributed by atoms with van der Waals surface area (Å²) in [7, 11) is 1.71. The Bertz CT molecular complexity index is 1210. The molecule has 13 heteroatoms. The number of aromatic nitrogens is 2. The lowest BCUT2D eigenvalue weighted by Crippen LogP contribution is -2.54. The molecule has 3 aliphatic heterocycles. The summed E-state index contributed by atoms with van der Waals surface area (Å²) in [5.41, 5.74) is 2.60. The maximum Gasteiger partial charge on any atom is 0.573 e. The molecule has 4 heterocycles. The minimum atomic E-state index is -4.72. The lowest BCUT2D eigenvalue weighted by molar-refractivity contribution is -0.274. The number of anilines is 1. The zero-order valence-corrected chi connectivity index (χ0v) is 24.6. The number of nitrogens with one attached hydrogen (secondary N) is 2. The zero-order valence-electron chi connectivity index (χ0n) is 24.6. The quantitative estimate of drug-likeness (QED) is 0.429. The number of carbonyl (C=O) groups is 1. The van der Waals surface area contributed by atoms with Crippen LogP contribution in [0.25, 0.3) is 0 Å². The highest BCUT2D eigenvalue weighted by molar-refractivity contribution is 5.94. The van der Waals surface area contributed by atoms with Crippen molar-refractivity contribution in [1.29, 1.82) is 0 Å². The number of ether oxygens (including phenoxy) is 4. The van der Waals surface area contributed by atoms with E-state index < -0.39 is 6.36 Å². The number of halogens is 3. The van der Waals surface area contributed by atoms with Crippen molar-refractivity contribution in [3.8, 4) is 5.75 Å². The number of hydrogen-bond donors (Lipinski definition) is 2. The fraction of sp³-hybridized carbons (Fsp3) is 0.633. The number of likely N-dealkylation sites (tertiary alicyclic amines) is 1. The van der Waals surface area contributed by atoms with Gasteiger partial charge in [-0.15, -0.1) is 18.3 Å². The molecule has 3 saturated heterocycles. The van der Waals surface area contributed by atoms with Crippen LogP contribution in [0.2, 0.25) is 0 Å². The summed E-state index contributed by atoms with van der Waals surface area (Å²) in [6.07, 6.45) is 1.73. The molecule has 1 aromatic carbocycles. The van der Waals surface area contributed by atoms with Crippen molar-refractivity contribution in [3.63, 3.8) is 0 Å². The normalized spacial score (nSPS) is 25.4. The summed E-state index contributed by atoms with van der Waals surface area (Å²) in [6, 6.07) is 6.40. The second kappa shape index (κ2) is 14.2. The van der Waals surface area contributed by atoms with Gasteiger partial charge in [-0.1, -0.05) is 12.1 Å². The van der Waals surface area contributed by atoms with Crippen molar-refractivity contribution in [2.75, 3.05) is 45.3 Å². The van der Waals surface area contributed by atoms with E-state index in [0.29, 0.717) is 38.0 Å². The molecule has 0 unspecified atom stereocenters. The molecule has 1 amide bonds. The van der Waals surface area contributed by atoms with E-state index in [0.717, 1.165) is 61.9 Å². The molecule has 0 saturated carbocycles. The van der Waals surface area contributed by atoms with Crippen LogP contribution in [-0.2, 0) is 14.2 Å². The largest absolute Gasteiger partial charge is 0.573 e. The Balaban J connectivity index is 1.12. The molecule has 2 aromatic rings. The summed E-state index contributed by atoms with van der Waals surface area (Å²) in [5.74, 6) is -0.382. The number of benzene rings is 1. The number of hydrogen-bond acceptors (Lipinski definition) is 9. The Labute approximate surface area is 249 Å². The number of piperidine rings is 1. The molecule has 3 fully saturated rings. The third kappa shape index (κ3) is 8.34. The van der Waals surface area contributed by atoms with Crippen molar-refractivity contribution in [2.24, 2.45) is 0 Å². The number of rotatable bonds is 9. The summed E-state index contributed by atoms with van der Waals surface area (Å²) >= 11 is 0. The first-order chi connectivity index (χ1) is 20.7. The second-order valence-electron chi connectivity index (χ2n) is 11.4. The zero-order chi connectivity index (χ0) is 30.4. The molecule has 10 nitrogen and oxygen atoms in total. The minimum Gasteiger partial charge on any atom is -0.406 e. The van der Waals surface area contributed by atoms with Gasteiger partial charge in [0.2, 0.25) is 0 Å². The van der Waals surface area contributed by atoms with Crippen LogP contribution in [0, 0.1) is 6.92 Å². The molecule has 0 spiro atoms. The van der Waals surface area contributed by atoms with Gasteiger partial charge in [-0.2, -0.15) is 5.10 Å². The lowest BCUT2D eigenvalue weighted by Gasteiger charge is -2.38. The van der Waals surface area contributed by atoms with Gasteiger partial charge in [0, 0.05) is 51.0 Å². The molecule has 1 aromatic heterocycles. The number of methoxy groups -OCH3 is 1. The molecule has 43 heavy (non-hydrogen) atoms. The van der Waals surface area contributed by atoms with Crippen molar-refractivity contribution >= 4 is 11.6 Å². The van der Waals surface area contributed by atoms with Crippen LogP contribution in [0.5, 0.6) is 5.75 Å². The van der Waals surface area contributed by atoms with E-state index in [1.165, 1.54) is 12.1 Å². The molecule has 236 valence electrons. The van der Waals surface area contributed by atoms with Crippen LogP contribution in [0.1, 0.15) is 66.2 Å². The van der Waals surface area contributed by atoms with Crippen molar-refractivity contribution < 1.29 is 36.9 Å². The highest BCUT2D eigenvalue weighted by Gasteiger charge is 2.33. The fourth-order valence-electron chi connectivity index (χ4n) is 6.06. The van der Waals surface area contributed by atoms with Crippen LogP contribution in [-0.4, -0.2) is 91.6 Å². The van der Waals surface area contributed by atoms with E-state index in [9.17, 15) is 18.0 Å². The number of nitrogens with zero attached hydrogens (tertiary/aromatic N) is 3. The van der Waals surface area contributed by atoms with E-state index in [1.54, 1.807) is 25.4 Å². The molecule has 5 rings (SSSR count). The van der Waals surface area contributed by atoms with E-state index in [-0.39, 0.29) is 36.0 Å². The maximum atomic E-state index is 13.4. The van der Waals surface area contributed by atoms with Crippen LogP contribution in [0.15, 0.2) is 30.5 Å². The Morgan fingerprint density at radius 2 is 1.88 bits per heavy atom.